The number of carbonyl (C=O) groups is 3. The van der Waals surface area contributed by atoms with Gasteiger partial charge in [-0.2, -0.15) is 0 Å². The first kappa shape index (κ1) is 36.9. The Morgan fingerprint density at radius 3 is 2.36 bits per heavy atom. The Morgan fingerprint density at radius 1 is 1.10 bits per heavy atom. The summed E-state index contributed by atoms with van der Waals surface area (Å²) in [6.45, 7) is 5.43. The summed E-state index contributed by atoms with van der Waals surface area (Å²) in [4.78, 5) is 51.5. The summed E-state index contributed by atoms with van der Waals surface area (Å²) in [5.41, 5.74) is 1.06. The van der Waals surface area contributed by atoms with Gasteiger partial charge >= 0.3 is 41.5 Å². The third-order valence-corrected chi connectivity index (χ3v) is 9.19. The Hall–Kier alpha value is -1.26. The molecular formula is C30H45NNaO9P. The van der Waals surface area contributed by atoms with Crippen LogP contribution in [0.2, 0.25) is 0 Å². The Bertz CT molecular complexity index is 1050. The number of carbonyl (C=O) groups excluding carboxylic acids is 2. The Balaban J connectivity index is 0.00000616. The first-order valence-corrected chi connectivity index (χ1v) is 16.6. The molecule has 1 saturated carbocycles. The van der Waals surface area contributed by atoms with Gasteiger partial charge in [-0.3, -0.25) is 9.59 Å². The average molecular weight is 618 g/mol. The van der Waals surface area contributed by atoms with Crippen LogP contribution in [0.1, 0.15) is 84.1 Å². The van der Waals surface area contributed by atoms with Gasteiger partial charge in [0.15, 0.2) is 6.29 Å². The van der Waals surface area contributed by atoms with Crippen LogP contribution >= 0.6 is 7.60 Å². The average Bonchev–Trinajstić information content (AvgIpc) is 3.39. The number of likely N-dealkylation sites (tertiary alicyclic amines) is 1. The van der Waals surface area contributed by atoms with Crippen molar-refractivity contribution in [1.29, 1.82) is 0 Å². The molecule has 3 unspecified atom stereocenters. The van der Waals surface area contributed by atoms with Gasteiger partial charge in [-0.15, -0.1) is 0 Å². The number of carboxylic acid groups (broad SMARTS) is 1. The van der Waals surface area contributed by atoms with E-state index in [2.05, 4.69) is 0 Å². The molecule has 1 saturated heterocycles. The number of aryl methyl sites for hydroxylation is 1. The molecule has 1 aromatic rings. The van der Waals surface area contributed by atoms with Crippen molar-refractivity contribution in [3.63, 3.8) is 0 Å². The van der Waals surface area contributed by atoms with Crippen LogP contribution in [0.5, 0.6) is 0 Å². The van der Waals surface area contributed by atoms with Crippen LogP contribution < -0.4 is 34.5 Å². The van der Waals surface area contributed by atoms with Crippen molar-refractivity contribution < 1.29 is 72.5 Å². The number of ether oxygens (including phenoxy) is 2. The molecule has 0 bridgehead atoms. The van der Waals surface area contributed by atoms with Gasteiger partial charge in [-0.05, 0) is 43.1 Å². The fourth-order valence-corrected chi connectivity index (χ4v) is 6.85. The van der Waals surface area contributed by atoms with Crippen LogP contribution in [-0.4, -0.2) is 59.2 Å². The predicted molar refractivity (Wildman–Crippen MR) is 151 cm³/mol. The van der Waals surface area contributed by atoms with E-state index in [4.69, 9.17) is 14.0 Å². The largest absolute Gasteiger partial charge is 1.00 e. The second-order valence-electron chi connectivity index (χ2n) is 11.6. The number of hydrogen-bond donors (Lipinski definition) is 1. The van der Waals surface area contributed by atoms with Crippen LogP contribution in [0, 0.1) is 17.8 Å². The van der Waals surface area contributed by atoms with Gasteiger partial charge in [0, 0.05) is 18.9 Å². The number of aliphatic carboxylic acids is 1. The monoisotopic (exact) mass is 617 g/mol. The van der Waals surface area contributed by atoms with Crippen molar-refractivity contribution in [3.05, 3.63) is 35.9 Å². The SMILES string of the molecule is CCC(=O)OC(OC(CCCc1ccccc1)OP(=O)([O-])CC(=O)N1C[C@H](C2CCCCC2)C[C@H]1C(=O)O)C(C)C.[Na+]. The molecule has 10 nitrogen and oxygen atoms in total. The van der Waals surface area contributed by atoms with Crippen LogP contribution in [0.15, 0.2) is 30.3 Å². The normalized spacial score (nSPS) is 22.2. The Kier molecular flexibility index (Phi) is 15.7. The minimum atomic E-state index is -4.81. The van der Waals surface area contributed by atoms with Gasteiger partial charge in [0.25, 0.3) is 0 Å². The molecule has 2 aliphatic rings. The van der Waals surface area contributed by atoms with Gasteiger partial charge in [0.05, 0.1) is 6.16 Å². The summed E-state index contributed by atoms with van der Waals surface area (Å²) in [5, 5.41) is 9.79. The number of benzene rings is 1. The standard InChI is InChI=1S/C30H46NO9P.Na/c1-4-27(33)38-30(21(2)3)39-28(17-11-14-22-12-7-5-8-13-22)40-41(36,37)20-26(32)31-19-24(18-25(31)29(34)35)23-15-9-6-10-16-23;/h5,7-8,12-13,21,23-25,28,30H,4,6,9-11,14-20H2,1-3H3,(H,34,35)(H,36,37);/q;+1/p-1/t24-,25+,28?,30?;/m1./s1. The number of amides is 1. The second kappa shape index (κ2) is 17.9. The zero-order chi connectivity index (χ0) is 30.0. The fraction of sp³-hybridized carbons (Fsp3) is 0.700. The van der Waals surface area contributed by atoms with E-state index in [0.717, 1.165) is 37.7 Å². The van der Waals surface area contributed by atoms with Crippen LogP contribution in [0.25, 0.3) is 0 Å². The van der Waals surface area contributed by atoms with Crippen LogP contribution in [-0.2, 0) is 39.4 Å². The van der Waals surface area contributed by atoms with Crippen molar-refractivity contribution >= 4 is 25.4 Å². The van der Waals surface area contributed by atoms with Gasteiger partial charge in [-0.25, -0.2) is 4.79 Å². The smallest absolute Gasteiger partial charge is 0.778 e. The molecule has 2 fully saturated rings. The minimum Gasteiger partial charge on any atom is -0.778 e. The van der Waals surface area contributed by atoms with E-state index in [0.29, 0.717) is 25.2 Å². The summed E-state index contributed by atoms with van der Waals surface area (Å²) in [6, 6.07) is 8.61. The van der Waals surface area contributed by atoms with Gasteiger partial charge in [0.2, 0.25) is 12.2 Å². The Labute approximate surface area is 271 Å². The first-order chi connectivity index (χ1) is 19.5. The van der Waals surface area contributed by atoms with Gasteiger partial charge < -0.3 is 33.5 Å². The van der Waals surface area contributed by atoms with E-state index in [1.807, 2.05) is 30.3 Å². The number of nitrogens with zero attached hydrogens (tertiary/aromatic N) is 1. The summed E-state index contributed by atoms with van der Waals surface area (Å²) < 4.78 is 29.8. The summed E-state index contributed by atoms with van der Waals surface area (Å²) in [6.07, 6.45) is 3.86. The maximum absolute atomic E-state index is 13.2. The zero-order valence-electron chi connectivity index (χ0n) is 25.4. The van der Waals surface area contributed by atoms with E-state index >= 15 is 0 Å². The molecule has 3 rings (SSSR count). The van der Waals surface area contributed by atoms with Crippen molar-refractivity contribution in [1.82, 2.24) is 4.90 Å². The third kappa shape index (κ3) is 11.7. The molecule has 1 aliphatic heterocycles. The van der Waals surface area contributed by atoms with Crippen LogP contribution in [0.3, 0.4) is 0 Å². The molecule has 0 radical (unpaired) electrons. The quantitative estimate of drug-likeness (QED) is 0.135. The molecule has 230 valence electrons. The molecule has 1 heterocycles. The van der Waals surface area contributed by atoms with Crippen molar-refractivity contribution in [3.8, 4) is 0 Å². The molecule has 12 heteroatoms. The van der Waals surface area contributed by atoms with Crippen molar-refractivity contribution in [2.75, 3.05) is 12.7 Å². The van der Waals surface area contributed by atoms with Gasteiger partial charge in [0.1, 0.15) is 13.6 Å². The maximum Gasteiger partial charge on any atom is 1.00 e. The summed E-state index contributed by atoms with van der Waals surface area (Å²) in [7, 11) is -4.81. The molecule has 5 atom stereocenters. The van der Waals surface area contributed by atoms with E-state index in [1.54, 1.807) is 20.8 Å². The zero-order valence-corrected chi connectivity index (χ0v) is 28.3. The molecule has 0 aromatic heterocycles. The van der Waals surface area contributed by atoms with E-state index in [-0.39, 0.29) is 60.8 Å². The maximum atomic E-state index is 13.2. The summed E-state index contributed by atoms with van der Waals surface area (Å²) >= 11 is 0. The molecule has 1 aliphatic carbocycles. The number of rotatable bonds is 15. The van der Waals surface area contributed by atoms with Crippen LogP contribution in [0.4, 0.5) is 0 Å². The van der Waals surface area contributed by atoms with E-state index in [9.17, 15) is 28.9 Å². The predicted octanol–water partition coefficient (Wildman–Crippen LogP) is 1.74. The molecular weight excluding hydrogens is 572 g/mol. The fourth-order valence-electron chi connectivity index (χ4n) is 5.74. The number of esters is 1. The molecule has 1 N–H and O–H groups in total. The van der Waals surface area contributed by atoms with Gasteiger partial charge in [-0.1, -0.05) is 83.2 Å². The minimum absolute atomic E-state index is 0. The molecule has 1 amide bonds. The topological polar surface area (TPSA) is 142 Å². The Morgan fingerprint density at radius 2 is 1.76 bits per heavy atom. The number of carboxylic acids is 1. The second-order valence-corrected chi connectivity index (χ2v) is 13.3. The molecule has 42 heavy (non-hydrogen) atoms. The van der Waals surface area contributed by atoms with E-state index < -0.39 is 50.2 Å². The summed E-state index contributed by atoms with van der Waals surface area (Å²) in [5.74, 6) is -2.29. The molecule has 0 spiro atoms. The third-order valence-electron chi connectivity index (χ3n) is 7.98. The molecule has 1 aromatic carbocycles. The van der Waals surface area contributed by atoms with Crippen molar-refractivity contribution in [2.24, 2.45) is 17.8 Å². The first-order valence-electron chi connectivity index (χ1n) is 14.9. The van der Waals surface area contributed by atoms with E-state index in [1.165, 1.54) is 4.90 Å². The van der Waals surface area contributed by atoms with Crippen molar-refractivity contribution in [2.45, 2.75) is 104 Å². The number of hydrogen-bond acceptors (Lipinski definition) is 8.